The van der Waals surface area contributed by atoms with Crippen LogP contribution in [0.3, 0.4) is 0 Å². The van der Waals surface area contributed by atoms with Crippen molar-refractivity contribution >= 4 is 23.3 Å². The summed E-state index contributed by atoms with van der Waals surface area (Å²) in [5.74, 6) is 1.27. The third-order valence-electron chi connectivity index (χ3n) is 3.33. The van der Waals surface area contributed by atoms with Gasteiger partial charge >= 0.3 is 6.03 Å². The molecule has 6 heteroatoms. The second kappa shape index (κ2) is 7.74. The summed E-state index contributed by atoms with van der Waals surface area (Å²) in [7, 11) is 3.15. The van der Waals surface area contributed by atoms with Gasteiger partial charge < -0.3 is 20.1 Å². The SMILES string of the molecule is COc1ccc(CNC(=O)Nc2ccc(C)c(Cl)c2)cc1OC. The number of carbonyl (C=O) groups is 1. The van der Waals surface area contributed by atoms with E-state index >= 15 is 0 Å². The molecule has 2 aromatic carbocycles. The van der Waals surface area contributed by atoms with Crippen molar-refractivity contribution in [3.05, 3.63) is 52.5 Å². The number of urea groups is 1. The highest BCUT2D eigenvalue weighted by atomic mass is 35.5. The Morgan fingerprint density at radius 2 is 1.83 bits per heavy atom. The van der Waals surface area contributed by atoms with Crippen molar-refractivity contribution in [3.63, 3.8) is 0 Å². The predicted molar refractivity (Wildman–Crippen MR) is 91.6 cm³/mol. The van der Waals surface area contributed by atoms with Crippen LogP contribution in [0.2, 0.25) is 5.02 Å². The van der Waals surface area contributed by atoms with Crippen LogP contribution in [-0.2, 0) is 6.54 Å². The number of rotatable bonds is 5. The van der Waals surface area contributed by atoms with Crippen LogP contribution in [0.4, 0.5) is 10.5 Å². The van der Waals surface area contributed by atoms with Crippen LogP contribution >= 0.6 is 11.6 Å². The van der Waals surface area contributed by atoms with Crippen molar-refractivity contribution in [1.82, 2.24) is 5.32 Å². The van der Waals surface area contributed by atoms with Gasteiger partial charge in [0.15, 0.2) is 11.5 Å². The molecule has 0 heterocycles. The Labute approximate surface area is 140 Å². The molecule has 0 aliphatic rings. The molecule has 0 unspecified atom stereocenters. The van der Waals surface area contributed by atoms with Gasteiger partial charge in [-0.1, -0.05) is 23.7 Å². The summed E-state index contributed by atoms with van der Waals surface area (Å²) >= 11 is 6.03. The molecule has 0 aliphatic carbocycles. The Kier molecular flexibility index (Phi) is 5.71. The maximum Gasteiger partial charge on any atom is 0.319 e. The highest BCUT2D eigenvalue weighted by Gasteiger charge is 2.07. The van der Waals surface area contributed by atoms with Crippen molar-refractivity contribution in [2.45, 2.75) is 13.5 Å². The number of amides is 2. The van der Waals surface area contributed by atoms with E-state index in [1.54, 1.807) is 32.4 Å². The van der Waals surface area contributed by atoms with Gasteiger partial charge in [0.1, 0.15) is 0 Å². The van der Waals surface area contributed by atoms with E-state index in [-0.39, 0.29) is 6.03 Å². The van der Waals surface area contributed by atoms with Crippen molar-refractivity contribution in [2.75, 3.05) is 19.5 Å². The fourth-order valence-corrected chi connectivity index (χ4v) is 2.20. The molecule has 0 aromatic heterocycles. The summed E-state index contributed by atoms with van der Waals surface area (Å²) in [5.41, 5.74) is 2.51. The lowest BCUT2D eigenvalue weighted by Crippen LogP contribution is -2.28. The summed E-state index contributed by atoms with van der Waals surface area (Å²) in [6.45, 7) is 2.27. The van der Waals surface area contributed by atoms with Crippen LogP contribution in [0.25, 0.3) is 0 Å². The van der Waals surface area contributed by atoms with E-state index in [2.05, 4.69) is 10.6 Å². The fourth-order valence-electron chi connectivity index (χ4n) is 2.02. The molecule has 0 saturated heterocycles. The number of methoxy groups -OCH3 is 2. The molecule has 0 saturated carbocycles. The van der Waals surface area contributed by atoms with E-state index in [4.69, 9.17) is 21.1 Å². The van der Waals surface area contributed by atoms with Gasteiger partial charge in [-0.2, -0.15) is 0 Å². The Morgan fingerprint density at radius 3 is 2.48 bits per heavy atom. The zero-order valence-electron chi connectivity index (χ0n) is 13.3. The largest absolute Gasteiger partial charge is 0.493 e. The van der Waals surface area contributed by atoms with Gasteiger partial charge in [-0.05, 0) is 42.3 Å². The molecule has 0 spiro atoms. The van der Waals surface area contributed by atoms with Crippen LogP contribution in [0.15, 0.2) is 36.4 Å². The number of halogens is 1. The quantitative estimate of drug-likeness (QED) is 0.869. The highest BCUT2D eigenvalue weighted by Crippen LogP contribution is 2.27. The average Bonchev–Trinajstić information content (AvgIpc) is 2.56. The average molecular weight is 335 g/mol. The normalized spacial score (nSPS) is 10.1. The molecule has 0 fully saturated rings. The summed E-state index contributed by atoms with van der Waals surface area (Å²) in [4.78, 5) is 11.9. The Balaban J connectivity index is 1.95. The zero-order chi connectivity index (χ0) is 16.8. The third-order valence-corrected chi connectivity index (χ3v) is 3.74. The summed E-state index contributed by atoms with van der Waals surface area (Å²) < 4.78 is 10.4. The van der Waals surface area contributed by atoms with E-state index in [0.29, 0.717) is 28.8 Å². The maximum atomic E-state index is 11.9. The van der Waals surface area contributed by atoms with Crippen LogP contribution in [0, 0.1) is 6.92 Å². The Morgan fingerprint density at radius 1 is 1.09 bits per heavy atom. The predicted octanol–water partition coefficient (Wildman–Crippen LogP) is 3.99. The molecule has 0 radical (unpaired) electrons. The first-order valence-electron chi connectivity index (χ1n) is 7.05. The lowest BCUT2D eigenvalue weighted by molar-refractivity contribution is 0.251. The molecular formula is C17H19ClN2O3. The van der Waals surface area contributed by atoms with Crippen molar-refractivity contribution in [1.29, 1.82) is 0 Å². The Bertz CT molecular complexity index is 704. The smallest absolute Gasteiger partial charge is 0.319 e. The van der Waals surface area contributed by atoms with Crippen LogP contribution in [0.1, 0.15) is 11.1 Å². The molecule has 2 N–H and O–H groups in total. The first kappa shape index (κ1) is 17.0. The monoisotopic (exact) mass is 334 g/mol. The molecular weight excluding hydrogens is 316 g/mol. The topological polar surface area (TPSA) is 59.6 Å². The van der Waals surface area contributed by atoms with Crippen molar-refractivity contribution < 1.29 is 14.3 Å². The second-order valence-electron chi connectivity index (χ2n) is 4.96. The van der Waals surface area contributed by atoms with E-state index in [9.17, 15) is 4.79 Å². The standard InChI is InChI=1S/C17H19ClN2O3/c1-11-4-6-13(9-14(11)18)20-17(21)19-10-12-5-7-15(22-2)16(8-12)23-3/h4-9H,10H2,1-3H3,(H2,19,20,21). The van der Waals surface area contributed by atoms with Crippen LogP contribution < -0.4 is 20.1 Å². The molecule has 0 bridgehead atoms. The molecule has 0 atom stereocenters. The van der Waals surface area contributed by atoms with E-state index < -0.39 is 0 Å². The lowest BCUT2D eigenvalue weighted by Gasteiger charge is -2.11. The molecule has 5 nitrogen and oxygen atoms in total. The maximum absolute atomic E-state index is 11.9. The summed E-state index contributed by atoms with van der Waals surface area (Å²) in [6, 6.07) is 10.6. The first-order valence-corrected chi connectivity index (χ1v) is 7.43. The number of anilines is 1. The first-order chi connectivity index (χ1) is 11.0. The van der Waals surface area contributed by atoms with E-state index in [1.807, 2.05) is 25.1 Å². The third kappa shape index (κ3) is 4.53. The molecule has 2 amide bonds. The van der Waals surface area contributed by atoms with Gasteiger partial charge in [0, 0.05) is 17.3 Å². The summed E-state index contributed by atoms with van der Waals surface area (Å²) in [6.07, 6.45) is 0. The number of ether oxygens (including phenoxy) is 2. The van der Waals surface area contributed by atoms with Gasteiger partial charge in [-0.25, -0.2) is 4.79 Å². The zero-order valence-corrected chi connectivity index (χ0v) is 14.0. The van der Waals surface area contributed by atoms with Crippen LogP contribution in [0.5, 0.6) is 11.5 Å². The molecule has 2 rings (SSSR count). The van der Waals surface area contributed by atoms with Crippen molar-refractivity contribution in [2.24, 2.45) is 0 Å². The van der Waals surface area contributed by atoms with Gasteiger partial charge in [0.05, 0.1) is 14.2 Å². The second-order valence-corrected chi connectivity index (χ2v) is 5.37. The van der Waals surface area contributed by atoms with Gasteiger partial charge in [-0.15, -0.1) is 0 Å². The minimum Gasteiger partial charge on any atom is -0.493 e. The minimum absolute atomic E-state index is 0.306. The number of benzene rings is 2. The minimum atomic E-state index is -0.306. The van der Waals surface area contributed by atoms with E-state index in [1.165, 1.54) is 0 Å². The highest BCUT2D eigenvalue weighted by molar-refractivity contribution is 6.31. The number of carbonyl (C=O) groups excluding carboxylic acids is 1. The molecule has 23 heavy (non-hydrogen) atoms. The van der Waals surface area contributed by atoms with Gasteiger partial charge in [-0.3, -0.25) is 0 Å². The molecule has 122 valence electrons. The number of hydrogen-bond acceptors (Lipinski definition) is 3. The van der Waals surface area contributed by atoms with Crippen LogP contribution in [-0.4, -0.2) is 20.3 Å². The van der Waals surface area contributed by atoms with Gasteiger partial charge in [0.25, 0.3) is 0 Å². The molecule has 0 aliphatic heterocycles. The number of hydrogen-bond donors (Lipinski definition) is 2. The number of nitrogens with one attached hydrogen (secondary N) is 2. The van der Waals surface area contributed by atoms with E-state index in [0.717, 1.165) is 11.1 Å². The number of aryl methyl sites for hydroxylation is 1. The molecule has 2 aromatic rings. The Hall–Kier alpha value is -2.40. The lowest BCUT2D eigenvalue weighted by atomic mass is 10.2. The summed E-state index contributed by atoms with van der Waals surface area (Å²) in [5, 5.41) is 6.14. The van der Waals surface area contributed by atoms with Gasteiger partial charge in [0.2, 0.25) is 0 Å². The fraction of sp³-hybridized carbons (Fsp3) is 0.235. The van der Waals surface area contributed by atoms with Crippen molar-refractivity contribution in [3.8, 4) is 11.5 Å².